The number of nitrogens with two attached hydrogens (primary N) is 1. The van der Waals surface area contributed by atoms with Gasteiger partial charge in [0, 0.05) is 6.04 Å². The van der Waals surface area contributed by atoms with Crippen molar-refractivity contribution in [2.75, 3.05) is 0 Å². The third kappa shape index (κ3) is 3.32. The van der Waals surface area contributed by atoms with Crippen LogP contribution in [0.2, 0.25) is 0 Å². The number of hydrogen-bond acceptors (Lipinski definition) is 2. The first-order valence-electron chi connectivity index (χ1n) is 7.61. The van der Waals surface area contributed by atoms with Gasteiger partial charge in [-0.05, 0) is 42.7 Å². The summed E-state index contributed by atoms with van der Waals surface area (Å²) in [6.07, 6.45) is 4.05. The molecule has 2 rings (SSSR count). The van der Waals surface area contributed by atoms with Crippen LogP contribution in [0.25, 0.3) is 0 Å². The van der Waals surface area contributed by atoms with Crippen LogP contribution in [0.5, 0.6) is 5.75 Å². The zero-order valence-electron chi connectivity index (χ0n) is 12.7. The molecule has 1 aromatic rings. The van der Waals surface area contributed by atoms with Gasteiger partial charge < -0.3 is 10.5 Å². The predicted octanol–water partition coefficient (Wildman–Crippen LogP) is 4.14. The van der Waals surface area contributed by atoms with E-state index in [2.05, 4.69) is 20.8 Å². The minimum atomic E-state index is -0.309. The lowest BCUT2D eigenvalue weighted by atomic mass is 9.68. The topological polar surface area (TPSA) is 35.2 Å². The molecule has 0 heterocycles. The Kier molecular flexibility index (Phi) is 4.69. The highest BCUT2D eigenvalue weighted by molar-refractivity contribution is 5.24. The second-order valence-corrected chi connectivity index (χ2v) is 6.60. The van der Waals surface area contributed by atoms with Gasteiger partial charge in [0.05, 0.1) is 0 Å². The third-order valence-electron chi connectivity index (χ3n) is 4.97. The van der Waals surface area contributed by atoms with Crippen molar-refractivity contribution in [1.29, 1.82) is 0 Å². The lowest BCUT2D eigenvalue weighted by molar-refractivity contribution is 0.0480. The van der Waals surface area contributed by atoms with Crippen LogP contribution in [0.15, 0.2) is 24.3 Å². The van der Waals surface area contributed by atoms with Crippen LogP contribution in [0.3, 0.4) is 0 Å². The summed E-state index contributed by atoms with van der Waals surface area (Å²) in [5, 5.41) is 0. The van der Waals surface area contributed by atoms with Gasteiger partial charge in [-0.3, -0.25) is 0 Å². The van der Waals surface area contributed by atoms with E-state index in [1.165, 1.54) is 6.07 Å². The molecule has 3 atom stereocenters. The Hall–Kier alpha value is -1.09. The summed E-state index contributed by atoms with van der Waals surface area (Å²) in [6.45, 7) is 6.82. The highest BCUT2D eigenvalue weighted by Gasteiger charge is 2.37. The van der Waals surface area contributed by atoms with Crippen molar-refractivity contribution < 1.29 is 9.13 Å². The largest absolute Gasteiger partial charge is 0.486 e. The molecule has 0 radical (unpaired) electrons. The van der Waals surface area contributed by atoms with Crippen LogP contribution in [0.4, 0.5) is 4.39 Å². The van der Waals surface area contributed by atoms with Gasteiger partial charge in [-0.25, -0.2) is 4.39 Å². The molecule has 0 bridgehead atoms. The molecule has 1 saturated carbocycles. The van der Waals surface area contributed by atoms with Crippen LogP contribution < -0.4 is 10.5 Å². The number of halogens is 1. The van der Waals surface area contributed by atoms with Crippen molar-refractivity contribution in [1.82, 2.24) is 0 Å². The van der Waals surface area contributed by atoms with Gasteiger partial charge >= 0.3 is 0 Å². The fourth-order valence-electron chi connectivity index (χ4n) is 2.99. The predicted molar refractivity (Wildman–Crippen MR) is 80.2 cm³/mol. The number of hydrogen-bond donors (Lipinski definition) is 1. The molecule has 0 aliphatic heterocycles. The summed E-state index contributed by atoms with van der Waals surface area (Å²) >= 11 is 0. The molecule has 0 saturated heterocycles. The highest BCUT2D eigenvalue weighted by atomic mass is 19.1. The molecule has 3 heteroatoms. The summed E-state index contributed by atoms with van der Waals surface area (Å²) in [5.41, 5.74) is 6.47. The second kappa shape index (κ2) is 6.13. The standard InChI is InChI=1S/C17H26FNO/c1-4-17(2,3)12-9-10-14(19)16(11-12)20-15-8-6-5-7-13(15)18/h5-8,12,14,16H,4,9-11,19H2,1-3H3. The summed E-state index contributed by atoms with van der Waals surface area (Å²) in [5.74, 6) is 0.601. The molecule has 0 aromatic heterocycles. The molecular weight excluding hydrogens is 253 g/mol. The minimum absolute atomic E-state index is 0.00138. The van der Waals surface area contributed by atoms with Gasteiger partial charge in [0.2, 0.25) is 0 Å². The zero-order chi connectivity index (χ0) is 14.8. The maximum atomic E-state index is 13.7. The van der Waals surface area contributed by atoms with Gasteiger partial charge in [-0.1, -0.05) is 39.3 Å². The summed E-state index contributed by atoms with van der Waals surface area (Å²) in [7, 11) is 0. The average molecular weight is 279 g/mol. The van der Waals surface area contributed by atoms with Crippen LogP contribution in [-0.4, -0.2) is 12.1 Å². The van der Waals surface area contributed by atoms with Gasteiger partial charge in [0.25, 0.3) is 0 Å². The van der Waals surface area contributed by atoms with Gasteiger partial charge in [0.1, 0.15) is 6.10 Å². The Morgan fingerprint density at radius 3 is 2.65 bits per heavy atom. The molecule has 2 N–H and O–H groups in total. The maximum absolute atomic E-state index is 13.7. The average Bonchev–Trinajstić information content (AvgIpc) is 2.43. The fourth-order valence-corrected chi connectivity index (χ4v) is 2.99. The number of ether oxygens (including phenoxy) is 1. The molecule has 1 fully saturated rings. The van der Waals surface area contributed by atoms with Gasteiger partial charge in [-0.15, -0.1) is 0 Å². The summed E-state index contributed by atoms with van der Waals surface area (Å²) in [4.78, 5) is 0. The van der Waals surface area contributed by atoms with Gasteiger partial charge in [-0.2, -0.15) is 0 Å². The van der Waals surface area contributed by atoms with E-state index in [1.807, 2.05) is 0 Å². The van der Waals surface area contributed by atoms with E-state index in [1.54, 1.807) is 18.2 Å². The lowest BCUT2D eigenvalue weighted by Gasteiger charge is -2.41. The number of para-hydroxylation sites is 1. The third-order valence-corrected chi connectivity index (χ3v) is 4.97. The first-order valence-corrected chi connectivity index (χ1v) is 7.61. The van der Waals surface area contributed by atoms with Crippen LogP contribution >= 0.6 is 0 Å². The van der Waals surface area contributed by atoms with E-state index >= 15 is 0 Å². The second-order valence-electron chi connectivity index (χ2n) is 6.60. The number of benzene rings is 1. The van der Waals surface area contributed by atoms with Crippen LogP contribution in [0, 0.1) is 17.2 Å². The molecule has 1 aliphatic rings. The fraction of sp³-hybridized carbons (Fsp3) is 0.647. The first-order chi connectivity index (χ1) is 9.44. The quantitative estimate of drug-likeness (QED) is 0.899. The van der Waals surface area contributed by atoms with E-state index in [0.717, 1.165) is 25.7 Å². The number of rotatable bonds is 4. The van der Waals surface area contributed by atoms with Crippen molar-refractivity contribution in [3.8, 4) is 5.75 Å². The SMILES string of the molecule is CCC(C)(C)C1CCC(N)C(Oc2ccccc2F)C1. The molecule has 2 nitrogen and oxygen atoms in total. The molecule has 0 spiro atoms. The minimum Gasteiger partial charge on any atom is -0.486 e. The lowest BCUT2D eigenvalue weighted by Crippen LogP contribution is -2.46. The van der Waals surface area contributed by atoms with Crippen molar-refractivity contribution in [2.45, 2.75) is 58.6 Å². The van der Waals surface area contributed by atoms with Crippen LogP contribution in [0.1, 0.15) is 46.5 Å². The Morgan fingerprint density at radius 2 is 2.00 bits per heavy atom. The van der Waals surface area contributed by atoms with E-state index in [4.69, 9.17) is 10.5 Å². The Morgan fingerprint density at radius 1 is 1.30 bits per heavy atom. The Bertz CT molecular complexity index is 446. The van der Waals surface area contributed by atoms with E-state index in [0.29, 0.717) is 11.7 Å². The monoisotopic (exact) mass is 279 g/mol. The highest BCUT2D eigenvalue weighted by Crippen LogP contribution is 2.41. The van der Waals surface area contributed by atoms with Crippen molar-refractivity contribution in [2.24, 2.45) is 17.1 Å². The van der Waals surface area contributed by atoms with E-state index in [-0.39, 0.29) is 23.4 Å². The van der Waals surface area contributed by atoms with E-state index in [9.17, 15) is 4.39 Å². The van der Waals surface area contributed by atoms with Crippen molar-refractivity contribution in [3.05, 3.63) is 30.1 Å². The van der Waals surface area contributed by atoms with Gasteiger partial charge in [0.15, 0.2) is 11.6 Å². The molecule has 0 amide bonds. The molecule has 3 unspecified atom stereocenters. The maximum Gasteiger partial charge on any atom is 0.165 e. The Labute approximate surface area is 121 Å². The first kappa shape index (κ1) is 15.3. The molecule has 1 aromatic carbocycles. The van der Waals surface area contributed by atoms with Crippen LogP contribution in [-0.2, 0) is 0 Å². The normalized spacial score (nSPS) is 27.4. The molecule has 20 heavy (non-hydrogen) atoms. The molecule has 1 aliphatic carbocycles. The van der Waals surface area contributed by atoms with E-state index < -0.39 is 0 Å². The van der Waals surface area contributed by atoms with Crippen molar-refractivity contribution >= 4 is 0 Å². The molecular formula is C17H26FNO. The van der Waals surface area contributed by atoms with Crippen molar-refractivity contribution in [3.63, 3.8) is 0 Å². The molecule has 112 valence electrons. The Balaban J connectivity index is 2.08. The summed E-state index contributed by atoms with van der Waals surface area (Å²) in [6, 6.07) is 6.57. The zero-order valence-corrected chi connectivity index (χ0v) is 12.7. The smallest absolute Gasteiger partial charge is 0.165 e. The summed E-state index contributed by atoms with van der Waals surface area (Å²) < 4.78 is 19.6.